The maximum absolute atomic E-state index is 11.5. The standard InChI is InChI=1S/C15H19N3O3S/c1-4-20-12-7-5-11(6-8-12)14-16-17-15(21-14)22-10-9-13(19)18(2)3/h5-8H,4,9-10H2,1-3H3. The third kappa shape index (κ3) is 4.49. The largest absolute Gasteiger partial charge is 0.494 e. The van der Waals surface area contributed by atoms with Crippen molar-refractivity contribution in [2.75, 3.05) is 26.5 Å². The molecule has 0 unspecified atom stereocenters. The van der Waals surface area contributed by atoms with E-state index in [0.29, 0.717) is 29.9 Å². The lowest BCUT2D eigenvalue weighted by Crippen LogP contribution is -2.21. The normalized spacial score (nSPS) is 10.5. The van der Waals surface area contributed by atoms with E-state index >= 15 is 0 Å². The first kappa shape index (κ1) is 16.4. The topological polar surface area (TPSA) is 68.5 Å². The number of ether oxygens (including phenoxy) is 1. The number of carbonyl (C=O) groups excluding carboxylic acids is 1. The molecule has 6 nitrogen and oxygen atoms in total. The first-order valence-electron chi connectivity index (χ1n) is 7.00. The Morgan fingerprint density at radius 3 is 2.64 bits per heavy atom. The van der Waals surface area contributed by atoms with E-state index in [1.165, 1.54) is 11.8 Å². The molecule has 0 radical (unpaired) electrons. The van der Waals surface area contributed by atoms with E-state index in [1.807, 2.05) is 31.2 Å². The van der Waals surface area contributed by atoms with Crippen molar-refractivity contribution < 1.29 is 13.9 Å². The Morgan fingerprint density at radius 2 is 2.00 bits per heavy atom. The van der Waals surface area contributed by atoms with Crippen molar-refractivity contribution in [3.8, 4) is 17.2 Å². The molecule has 1 aromatic heterocycles. The highest BCUT2D eigenvalue weighted by Crippen LogP contribution is 2.25. The molecule has 0 bridgehead atoms. The van der Waals surface area contributed by atoms with Crippen molar-refractivity contribution in [3.63, 3.8) is 0 Å². The van der Waals surface area contributed by atoms with Gasteiger partial charge in [-0.3, -0.25) is 4.79 Å². The molecule has 22 heavy (non-hydrogen) atoms. The van der Waals surface area contributed by atoms with Crippen LogP contribution < -0.4 is 4.74 Å². The van der Waals surface area contributed by atoms with Gasteiger partial charge in [-0.05, 0) is 31.2 Å². The minimum absolute atomic E-state index is 0.0822. The number of nitrogens with zero attached hydrogens (tertiary/aromatic N) is 3. The minimum atomic E-state index is 0.0822. The Labute approximate surface area is 133 Å². The van der Waals surface area contributed by atoms with Gasteiger partial charge >= 0.3 is 0 Å². The maximum Gasteiger partial charge on any atom is 0.276 e. The van der Waals surface area contributed by atoms with Crippen molar-refractivity contribution in [1.29, 1.82) is 0 Å². The van der Waals surface area contributed by atoms with Gasteiger partial charge in [-0.2, -0.15) is 0 Å². The highest BCUT2D eigenvalue weighted by Gasteiger charge is 2.10. The van der Waals surface area contributed by atoms with Crippen LogP contribution >= 0.6 is 11.8 Å². The number of hydrogen-bond donors (Lipinski definition) is 0. The van der Waals surface area contributed by atoms with Gasteiger partial charge in [-0.1, -0.05) is 11.8 Å². The number of aromatic nitrogens is 2. The Hall–Kier alpha value is -2.02. The molecule has 7 heteroatoms. The molecule has 0 spiro atoms. The molecule has 0 saturated carbocycles. The Kier molecular flexibility index (Phi) is 5.83. The van der Waals surface area contributed by atoms with Crippen LogP contribution in [0.2, 0.25) is 0 Å². The van der Waals surface area contributed by atoms with Gasteiger partial charge in [0.1, 0.15) is 5.75 Å². The number of amides is 1. The predicted molar refractivity (Wildman–Crippen MR) is 84.9 cm³/mol. The van der Waals surface area contributed by atoms with E-state index in [1.54, 1.807) is 19.0 Å². The van der Waals surface area contributed by atoms with Crippen LogP contribution in [0.15, 0.2) is 33.9 Å². The summed E-state index contributed by atoms with van der Waals surface area (Å²) in [5, 5.41) is 8.47. The molecule has 0 atom stereocenters. The number of rotatable bonds is 7. The molecule has 1 heterocycles. The molecular formula is C15H19N3O3S. The fraction of sp³-hybridized carbons (Fsp3) is 0.400. The van der Waals surface area contributed by atoms with E-state index in [-0.39, 0.29) is 5.91 Å². The fourth-order valence-corrected chi connectivity index (χ4v) is 2.38. The summed E-state index contributed by atoms with van der Waals surface area (Å²) in [6.45, 7) is 2.57. The van der Waals surface area contributed by atoms with Gasteiger partial charge in [-0.15, -0.1) is 10.2 Å². The second-order valence-electron chi connectivity index (χ2n) is 4.72. The maximum atomic E-state index is 11.5. The molecule has 0 fully saturated rings. The van der Waals surface area contributed by atoms with E-state index in [0.717, 1.165) is 11.3 Å². The summed E-state index contributed by atoms with van der Waals surface area (Å²) < 4.78 is 11.0. The van der Waals surface area contributed by atoms with Crippen LogP contribution in [0.1, 0.15) is 13.3 Å². The average molecular weight is 321 g/mol. The first-order valence-corrected chi connectivity index (χ1v) is 7.98. The van der Waals surface area contributed by atoms with Gasteiger partial charge in [0, 0.05) is 31.8 Å². The van der Waals surface area contributed by atoms with Crippen LogP contribution in [0, 0.1) is 0 Å². The van der Waals surface area contributed by atoms with Gasteiger partial charge in [-0.25, -0.2) is 0 Å². The molecule has 1 aromatic carbocycles. The zero-order valence-corrected chi connectivity index (χ0v) is 13.7. The minimum Gasteiger partial charge on any atom is -0.494 e. The van der Waals surface area contributed by atoms with Crippen LogP contribution in [-0.4, -0.2) is 47.5 Å². The summed E-state index contributed by atoms with van der Waals surface area (Å²) in [5.74, 6) is 1.97. The van der Waals surface area contributed by atoms with Crippen molar-refractivity contribution in [2.45, 2.75) is 18.6 Å². The Balaban J connectivity index is 1.92. The predicted octanol–water partition coefficient (Wildman–Crippen LogP) is 2.71. The molecule has 118 valence electrons. The summed E-state index contributed by atoms with van der Waals surface area (Å²) in [6.07, 6.45) is 0.443. The molecule has 0 aliphatic carbocycles. The molecule has 0 aliphatic heterocycles. The second kappa shape index (κ2) is 7.84. The van der Waals surface area contributed by atoms with Crippen LogP contribution in [-0.2, 0) is 4.79 Å². The fourth-order valence-electron chi connectivity index (χ4n) is 1.69. The molecule has 0 aliphatic rings. The highest BCUT2D eigenvalue weighted by molar-refractivity contribution is 7.99. The Bertz CT molecular complexity index is 611. The lowest BCUT2D eigenvalue weighted by Gasteiger charge is -2.08. The third-order valence-corrected chi connectivity index (χ3v) is 3.68. The summed E-state index contributed by atoms with van der Waals surface area (Å²) in [6, 6.07) is 7.49. The second-order valence-corrected chi connectivity index (χ2v) is 5.76. The molecule has 0 saturated heterocycles. The van der Waals surface area contributed by atoms with Crippen molar-refractivity contribution in [2.24, 2.45) is 0 Å². The highest BCUT2D eigenvalue weighted by atomic mass is 32.2. The monoisotopic (exact) mass is 321 g/mol. The molecule has 1 amide bonds. The van der Waals surface area contributed by atoms with Crippen LogP contribution in [0.5, 0.6) is 5.75 Å². The number of benzene rings is 1. The smallest absolute Gasteiger partial charge is 0.276 e. The van der Waals surface area contributed by atoms with Gasteiger partial charge in [0.25, 0.3) is 5.22 Å². The summed E-state index contributed by atoms with van der Waals surface area (Å²) in [7, 11) is 3.48. The SMILES string of the molecule is CCOc1ccc(-c2nnc(SCCC(=O)N(C)C)o2)cc1. The van der Waals surface area contributed by atoms with Crippen molar-refractivity contribution >= 4 is 17.7 Å². The zero-order valence-electron chi connectivity index (χ0n) is 12.9. The summed E-state index contributed by atoms with van der Waals surface area (Å²) in [5.41, 5.74) is 0.840. The third-order valence-electron chi connectivity index (χ3n) is 2.86. The summed E-state index contributed by atoms with van der Waals surface area (Å²) in [4.78, 5) is 13.0. The Morgan fingerprint density at radius 1 is 1.27 bits per heavy atom. The molecule has 0 N–H and O–H groups in total. The van der Waals surface area contributed by atoms with Crippen LogP contribution in [0.4, 0.5) is 0 Å². The molecular weight excluding hydrogens is 302 g/mol. The molecule has 2 rings (SSSR count). The first-order chi connectivity index (χ1) is 10.6. The van der Waals surface area contributed by atoms with E-state index < -0.39 is 0 Å². The van der Waals surface area contributed by atoms with Gasteiger partial charge in [0.15, 0.2) is 0 Å². The van der Waals surface area contributed by atoms with Gasteiger partial charge < -0.3 is 14.1 Å². The van der Waals surface area contributed by atoms with Crippen LogP contribution in [0.25, 0.3) is 11.5 Å². The molecule has 2 aromatic rings. The zero-order chi connectivity index (χ0) is 15.9. The van der Waals surface area contributed by atoms with Crippen molar-refractivity contribution in [1.82, 2.24) is 15.1 Å². The van der Waals surface area contributed by atoms with Crippen LogP contribution in [0.3, 0.4) is 0 Å². The lowest BCUT2D eigenvalue weighted by molar-refractivity contribution is -0.128. The van der Waals surface area contributed by atoms with Gasteiger partial charge in [0.2, 0.25) is 11.8 Å². The average Bonchev–Trinajstić information content (AvgIpc) is 2.97. The van der Waals surface area contributed by atoms with E-state index in [9.17, 15) is 4.79 Å². The van der Waals surface area contributed by atoms with Crippen molar-refractivity contribution in [3.05, 3.63) is 24.3 Å². The quantitative estimate of drug-likeness (QED) is 0.730. The van der Waals surface area contributed by atoms with E-state index in [2.05, 4.69) is 10.2 Å². The van der Waals surface area contributed by atoms with E-state index in [4.69, 9.17) is 9.15 Å². The number of carbonyl (C=O) groups is 1. The number of hydrogen-bond acceptors (Lipinski definition) is 6. The number of thioether (sulfide) groups is 1. The van der Waals surface area contributed by atoms with Gasteiger partial charge in [0.05, 0.1) is 6.61 Å². The lowest BCUT2D eigenvalue weighted by atomic mass is 10.2. The summed E-state index contributed by atoms with van der Waals surface area (Å²) >= 11 is 1.38.